The molecule has 1 aliphatic carbocycles. The second-order valence-corrected chi connectivity index (χ2v) is 4.66. The van der Waals surface area contributed by atoms with Crippen molar-refractivity contribution in [2.24, 2.45) is 0 Å². The number of para-hydroxylation sites is 1. The highest BCUT2D eigenvalue weighted by molar-refractivity contribution is 5.57. The third kappa shape index (κ3) is 1.19. The Morgan fingerprint density at radius 1 is 0.882 bits per heavy atom. The highest BCUT2D eigenvalue weighted by Gasteiger charge is 2.32. The van der Waals surface area contributed by atoms with Crippen LogP contribution in [-0.2, 0) is 6.42 Å². The van der Waals surface area contributed by atoms with E-state index in [4.69, 9.17) is 4.74 Å². The van der Waals surface area contributed by atoms with Crippen molar-refractivity contribution in [2.45, 2.75) is 12.3 Å². The molecule has 4 rings (SSSR count). The summed E-state index contributed by atoms with van der Waals surface area (Å²) >= 11 is 0. The van der Waals surface area contributed by atoms with Gasteiger partial charge in [-0.15, -0.1) is 0 Å². The lowest BCUT2D eigenvalue weighted by Gasteiger charge is -2.22. The molecule has 0 amide bonds. The lowest BCUT2D eigenvalue weighted by atomic mass is 9.89. The molecule has 17 heavy (non-hydrogen) atoms. The van der Waals surface area contributed by atoms with E-state index in [0.717, 1.165) is 12.2 Å². The molecule has 1 heteroatoms. The molecular formula is C16H12O. The van der Waals surface area contributed by atoms with Crippen LogP contribution in [0, 0.1) is 0 Å². The predicted octanol–water partition coefficient (Wildman–Crippen LogP) is 3.65. The zero-order valence-electron chi connectivity index (χ0n) is 9.39. The Labute approximate surface area is 100 Å². The summed E-state index contributed by atoms with van der Waals surface area (Å²) in [5, 5.41) is 0. The molecule has 2 aromatic rings. The summed E-state index contributed by atoms with van der Waals surface area (Å²) in [6.45, 7) is 0. The number of allylic oxidation sites excluding steroid dienone is 1. The van der Waals surface area contributed by atoms with Gasteiger partial charge in [0, 0.05) is 11.5 Å². The predicted molar refractivity (Wildman–Crippen MR) is 67.1 cm³/mol. The maximum Gasteiger partial charge on any atom is 0.130 e. The van der Waals surface area contributed by atoms with Gasteiger partial charge in [0.2, 0.25) is 0 Å². The van der Waals surface area contributed by atoms with Gasteiger partial charge in [-0.3, -0.25) is 0 Å². The molecule has 1 nitrogen and oxygen atoms in total. The van der Waals surface area contributed by atoms with Crippen molar-refractivity contribution < 1.29 is 4.74 Å². The first kappa shape index (κ1) is 9.06. The van der Waals surface area contributed by atoms with E-state index in [1.165, 1.54) is 22.3 Å². The summed E-state index contributed by atoms with van der Waals surface area (Å²) in [5.41, 5.74) is 5.55. The second-order valence-electron chi connectivity index (χ2n) is 4.66. The number of fused-ring (bicyclic) bond motifs is 5. The van der Waals surface area contributed by atoms with E-state index in [2.05, 4.69) is 36.4 Å². The minimum Gasteiger partial charge on any atom is -0.465 e. The molecule has 0 saturated heterocycles. The van der Waals surface area contributed by atoms with Crippen molar-refractivity contribution in [2.75, 3.05) is 0 Å². The van der Waals surface area contributed by atoms with E-state index in [9.17, 15) is 0 Å². The molecule has 1 unspecified atom stereocenters. The Hall–Kier alpha value is -2.02. The normalized spacial score (nSPS) is 19.8. The number of hydrogen-bond acceptors (Lipinski definition) is 1. The quantitative estimate of drug-likeness (QED) is 0.658. The van der Waals surface area contributed by atoms with Gasteiger partial charge in [0.1, 0.15) is 5.75 Å². The second kappa shape index (κ2) is 3.24. The summed E-state index contributed by atoms with van der Waals surface area (Å²) < 4.78 is 5.71. The lowest BCUT2D eigenvalue weighted by molar-refractivity contribution is 0.450. The lowest BCUT2D eigenvalue weighted by Crippen LogP contribution is -2.07. The van der Waals surface area contributed by atoms with Crippen molar-refractivity contribution in [1.29, 1.82) is 0 Å². The molecule has 0 radical (unpaired) electrons. The van der Waals surface area contributed by atoms with Gasteiger partial charge in [-0.05, 0) is 29.2 Å². The van der Waals surface area contributed by atoms with E-state index in [0.29, 0.717) is 5.92 Å². The maximum absolute atomic E-state index is 5.71. The average Bonchev–Trinajstić information content (AvgIpc) is 2.77. The fourth-order valence-corrected chi connectivity index (χ4v) is 2.94. The van der Waals surface area contributed by atoms with Gasteiger partial charge < -0.3 is 4.74 Å². The van der Waals surface area contributed by atoms with Gasteiger partial charge in [0.15, 0.2) is 0 Å². The monoisotopic (exact) mass is 220 g/mol. The van der Waals surface area contributed by atoms with Crippen LogP contribution < -0.4 is 4.74 Å². The topological polar surface area (TPSA) is 9.23 Å². The Balaban J connectivity index is 1.97. The SMILES string of the molecule is C1=C2Cc3ccccc3C2c2ccccc2O1. The summed E-state index contributed by atoms with van der Waals surface area (Å²) in [6, 6.07) is 17.0. The van der Waals surface area contributed by atoms with E-state index in [-0.39, 0.29) is 0 Å². The van der Waals surface area contributed by atoms with Crippen LogP contribution in [0.2, 0.25) is 0 Å². The third-order valence-electron chi connectivity index (χ3n) is 3.70. The number of ether oxygens (including phenoxy) is 1. The third-order valence-corrected chi connectivity index (χ3v) is 3.70. The highest BCUT2D eigenvalue weighted by Crippen LogP contribution is 2.47. The molecule has 1 heterocycles. The van der Waals surface area contributed by atoms with Gasteiger partial charge in [-0.2, -0.15) is 0 Å². The van der Waals surface area contributed by atoms with E-state index in [1.54, 1.807) is 0 Å². The van der Waals surface area contributed by atoms with Gasteiger partial charge >= 0.3 is 0 Å². The molecule has 2 aromatic carbocycles. The summed E-state index contributed by atoms with van der Waals surface area (Å²) in [5.74, 6) is 1.41. The summed E-state index contributed by atoms with van der Waals surface area (Å²) in [7, 11) is 0. The number of rotatable bonds is 0. The molecule has 0 spiro atoms. The molecule has 0 saturated carbocycles. The van der Waals surface area contributed by atoms with Crippen LogP contribution in [-0.4, -0.2) is 0 Å². The van der Waals surface area contributed by atoms with E-state index < -0.39 is 0 Å². The zero-order valence-corrected chi connectivity index (χ0v) is 9.39. The molecule has 0 bridgehead atoms. The minimum absolute atomic E-state index is 0.413. The van der Waals surface area contributed by atoms with E-state index in [1.807, 2.05) is 18.4 Å². The number of benzene rings is 2. The fourth-order valence-electron chi connectivity index (χ4n) is 2.94. The fraction of sp³-hybridized carbons (Fsp3) is 0.125. The zero-order chi connectivity index (χ0) is 11.2. The molecule has 2 aliphatic rings. The van der Waals surface area contributed by atoms with Gasteiger partial charge in [-0.25, -0.2) is 0 Å². The van der Waals surface area contributed by atoms with Crippen LogP contribution in [0.5, 0.6) is 5.75 Å². The van der Waals surface area contributed by atoms with Crippen molar-refractivity contribution in [3.8, 4) is 5.75 Å². The van der Waals surface area contributed by atoms with E-state index >= 15 is 0 Å². The Kier molecular flexibility index (Phi) is 1.72. The molecular weight excluding hydrogens is 208 g/mol. The molecule has 82 valence electrons. The first-order chi connectivity index (χ1) is 8.43. The Morgan fingerprint density at radius 3 is 2.59 bits per heavy atom. The van der Waals surface area contributed by atoms with Crippen LogP contribution in [0.15, 0.2) is 60.4 Å². The highest BCUT2D eigenvalue weighted by atomic mass is 16.5. The Morgan fingerprint density at radius 2 is 1.65 bits per heavy atom. The molecule has 0 aromatic heterocycles. The standard InChI is InChI=1S/C16H12O/c1-2-6-13-11(5-1)9-12-10-17-15-8-4-3-7-14(15)16(12)13/h1-8,10,16H,9H2. The van der Waals surface area contributed by atoms with Gasteiger partial charge in [0.25, 0.3) is 0 Å². The first-order valence-corrected chi connectivity index (χ1v) is 5.96. The maximum atomic E-state index is 5.71. The van der Waals surface area contributed by atoms with Crippen LogP contribution in [0.3, 0.4) is 0 Å². The van der Waals surface area contributed by atoms with Gasteiger partial charge in [-0.1, -0.05) is 42.5 Å². The average molecular weight is 220 g/mol. The van der Waals surface area contributed by atoms with Crippen LogP contribution >= 0.6 is 0 Å². The largest absolute Gasteiger partial charge is 0.465 e. The van der Waals surface area contributed by atoms with Crippen molar-refractivity contribution >= 4 is 0 Å². The van der Waals surface area contributed by atoms with Crippen molar-refractivity contribution in [3.05, 3.63) is 77.1 Å². The first-order valence-electron chi connectivity index (χ1n) is 5.96. The summed E-state index contributed by atoms with van der Waals surface area (Å²) in [4.78, 5) is 0. The molecule has 0 fully saturated rings. The Bertz CT molecular complexity index is 619. The molecule has 1 aliphatic heterocycles. The van der Waals surface area contributed by atoms with Crippen LogP contribution in [0.25, 0.3) is 0 Å². The summed E-state index contributed by atoms with van der Waals surface area (Å²) in [6.07, 6.45) is 2.96. The van der Waals surface area contributed by atoms with Crippen molar-refractivity contribution in [1.82, 2.24) is 0 Å². The van der Waals surface area contributed by atoms with Crippen LogP contribution in [0.1, 0.15) is 22.6 Å². The smallest absolute Gasteiger partial charge is 0.130 e. The molecule has 0 N–H and O–H groups in total. The van der Waals surface area contributed by atoms with Crippen LogP contribution in [0.4, 0.5) is 0 Å². The molecule has 1 atom stereocenters. The number of hydrogen-bond donors (Lipinski definition) is 0. The van der Waals surface area contributed by atoms with Crippen molar-refractivity contribution in [3.63, 3.8) is 0 Å². The van der Waals surface area contributed by atoms with Gasteiger partial charge in [0.05, 0.1) is 6.26 Å². The minimum atomic E-state index is 0.413.